The molecule has 4 aromatic rings. The fourth-order valence-electron chi connectivity index (χ4n) is 3.30. The van der Waals surface area contributed by atoms with Crippen LogP contribution < -0.4 is 5.32 Å². The van der Waals surface area contributed by atoms with Crippen LogP contribution in [-0.2, 0) is 0 Å². The minimum Gasteiger partial charge on any atom is -0.436 e. The molecule has 1 heterocycles. The summed E-state index contributed by atoms with van der Waals surface area (Å²) in [6.07, 6.45) is 1.09. The first-order chi connectivity index (χ1) is 14.0. The Bertz CT molecular complexity index is 1160. The van der Waals surface area contributed by atoms with E-state index in [1.165, 1.54) is 5.56 Å². The summed E-state index contributed by atoms with van der Waals surface area (Å²) < 4.78 is 5.93. The number of nitrogens with zero attached hydrogens (tertiary/aromatic N) is 1. The molecule has 0 saturated heterocycles. The lowest BCUT2D eigenvalue weighted by atomic mass is 9.98. The number of benzene rings is 3. The van der Waals surface area contributed by atoms with Crippen molar-refractivity contribution in [3.8, 4) is 11.5 Å². The van der Waals surface area contributed by atoms with Gasteiger partial charge in [-0.25, -0.2) is 4.98 Å². The minimum atomic E-state index is -0.124. The molecule has 146 valence electrons. The molecule has 4 heteroatoms. The third-order valence-corrected chi connectivity index (χ3v) is 5.26. The maximum Gasteiger partial charge on any atom is 0.255 e. The largest absolute Gasteiger partial charge is 0.436 e. The number of carbonyl (C=O) groups is 1. The smallest absolute Gasteiger partial charge is 0.255 e. The summed E-state index contributed by atoms with van der Waals surface area (Å²) in [5, 5.41) is 2.93. The molecular formula is C25H24N2O2. The van der Waals surface area contributed by atoms with Crippen molar-refractivity contribution in [1.82, 2.24) is 4.98 Å². The second-order valence-electron chi connectivity index (χ2n) is 7.46. The van der Waals surface area contributed by atoms with Gasteiger partial charge in [0, 0.05) is 16.8 Å². The molecule has 29 heavy (non-hydrogen) atoms. The van der Waals surface area contributed by atoms with Crippen molar-refractivity contribution >= 4 is 22.7 Å². The Kier molecular flexibility index (Phi) is 5.17. The van der Waals surface area contributed by atoms with Crippen LogP contribution >= 0.6 is 0 Å². The van der Waals surface area contributed by atoms with Crippen LogP contribution in [0.4, 0.5) is 5.69 Å². The van der Waals surface area contributed by atoms with E-state index >= 15 is 0 Å². The average molecular weight is 384 g/mol. The predicted octanol–water partition coefficient (Wildman–Crippen LogP) is 6.57. The SMILES string of the molecule is CC[C@@H](C)c1ccc2oc(-c3ccc(NC(=O)c4cccc(C)c4)cc3)nc2c1. The van der Waals surface area contributed by atoms with E-state index in [1.807, 2.05) is 61.5 Å². The number of aromatic nitrogens is 1. The topological polar surface area (TPSA) is 55.1 Å². The van der Waals surface area contributed by atoms with Crippen LogP contribution in [0.3, 0.4) is 0 Å². The Labute approximate surface area is 170 Å². The van der Waals surface area contributed by atoms with Crippen LogP contribution in [0.15, 0.2) is 71.1 Å². The molecule has 4 nitrogen and oxygen atoms in total. The maximum atomic E-state index is 12.4. The van der Waals surface area contributed by atoms with E-state index < -0.39 is 0 Å². The Hall–Kier alpha value is -3.40. The molecule has 0 aliphatic heterocycles. The van der Waals surface area contributed by atoms with Crippen molar-refractivity contribution in [3.63, 3.8) is 0 Å². The number of hydrogen-bond donors (Lipinski definition) is 1. The van der Waals surface area contributed by atoms with Crippen molar-refractivity contribution in [1.29, 1.82) is 0 Å². The average Bonchev–Trinajstić information content (AvgIpc) is 3.17. The summed E-state index contributed by atoms with van der Waals surface area (Å²) in [4.78, 5) is 17.1. The summed E-state index contributed by atoms with van der Waals surface area (Å²) in [5.74, 6) is 0.953. The van der Waals surface area contributed by atoms with E-state index in [0.29, 0.717) is 17.4 Å². The highest BCUT2D eigenvalue weighted by Crippen LogP contribution is 2.28. The molecule has 0 saturated carbocycles. The van der Waals surface area contributed by atoms with Crippen molar-refractivity contribution < 1.29 is 9.21 Å². The lowest BCUT2D eigenvalue weighted by Gasteiger charge is -2.07. The molecule has 0 spiro atoms. The second-order valence-corrected chi connectivity index (χ2v) is 7.46. The quantitative estimate of drug-likeness (QED) is 0.423. The van der Waals surface area contributed by atoms with Gasteiger partial charge in [0.15, 0.2) is 5.58 Å². The minimum absolute atomic E-state index is 0.124. The van der Waals surface area contributed by atoms with Gasteiger partial charge in [0.25, 0.3) is 5.91 Å². The number of anilines is 1. The summed E-state index contributed by atoms with van der Waals surface area (Å²) >= 11 is 0. The van der Waals surface area contributed by atoms with Gasteiger partial charge in [-0.2, -0.15) is 0 Å². The molecule has 1 aromatic heterocycles. The summed E-state index contributed by atoms with van der Waals surface area (Å²) in [7, 11) is 0. The lowest BCUT2D eigenvalue weighted by Crippen LogP contribution is -2.11. The van der Waals surface area contributed by atoms with Gasteiger partial charge in [0.05, 0.1) is 0 Å². The number of rotatable bonds is 5. The van der Waals surface area contributed by atoms with Crippen LogP contribution in [0.1, 0.15) is 47.7 Å². The summed E-state index contributed by atoms with van der Waals surface area (Å²) in [6.45, 7) is 6.37. The maximum absolute atomic E-state index is 12.4. The third kappa shape index (κ3) is 4.06. The van der Waals surface area contributed by atoms with Gasteiger partial charge in [-0.1, -0.05) is 37.6 Å². The first-order valence-corrected chi connectivity index (χ1v) is 9.92. The number of amides is 1. The van der Waals surface area contributed by atoms with Gasteiger partial charge in [0.1, 0.15) is 5.52 Å². The number of aryl methyl sites for hydroxylation is 1. The normalized spacial score (nSPS) is 12.1. The van der Waals surface area contributed by atoms with Gasteiger partial charge in [0.2, 0.25) is 5.89 Å². The highest BCUT2D eigenvalue weighted by molar-refractivity contribution is 6.04. The van der Waals surface area contributed by atoms with Crippen LogP contribution in [-0.4, -0.2) is 10.9 Å². The van der Waals surface area contributed by atoms with Crippen molar-refractivity contribution in [2.24, 2.45) is 0 Å². The molecule has 3 aromatic carbocycles. The molecule has 0 unspecified atom stereocenters. The molecule has 4 rings (SSSR count). The van der Waals surface area contributed by atoms with E-state index in [1.54, 1.807) is 0 Å². The zero-order valence-corrected chi connectivity index (χ0v) is 16.9. The second kappa shape index (κ2) is 7.92. The molecule has 1 atom stereocenters. The van der Waals surface area contributed by atoms with E-state index in [2.05, 4.69) is 36.3 Å². The summed E-state index contributed by atoms with van der Waals surface area (Å²) in [6, 6.07) is 21.3. The molecule has 0 radical (unpaired) electrons. The zero-order chi connectivity index (χ0) is 20.4. The fourth-order valence-corrected chi connectivity index (χ4v) is 3.30. The highest BCUT2D eigenvalue weighted by Gasteiger charge is 2.12. The van der Waals surface area contributed by atoms with Gasteiger partial charge >= 0.3 is 0 Å². The van der Waals surface area contributed by atoms with Gasteiger partial charge in [-0.05, 0) is 73.4 Å². The van der Waals surface area contributed by atoms with Gasteiger partial charge in [-0.15, -0.1) is 0 Å². The van der Waals surface area contributed by atoms with Crippen LogP contribution in [0, 0.1) is 6.92 Å². The number of nitrogens with one attached hydrogen (secondary N) is 1. The zero-order valence-electron chi connectivity index (χ0n) is 16.9. The molecule has 1 N–H and O–H groups in total. The fraction of sp³-hybridized carbons (Fsp3) is 0.200. The monoisotopic (exact) mass is 384 g/mol. The lowest BCUT2D eigenvalue weighted by molar-refractivity contribution is 0.102. The molecule has 1 amide bonds. The van der Waals surface area contributed by atoms with Crippen LogP contribution in [0.2, 0.25) is 0 Å². The van der Waals surface area contributed by atoms with E-state index in [4.69, 9.17) is 4.42 Å². The molecule has 0 bridgehead atoms. The van der Waals surface area contributed by atoms with Crippen molar-refractivity contribution in [2.45, 2.75) is 33.1 Å². The first-order valence-electron chi connectivity index (χ1n) is 9.92. The Balaban J connectivity index is 1.53. The molecule has 0 aliphatic carbocycles. The van der Waals surface area contributed by atoms with Gasteiger partial charge < -0.3 is 9.73 Å². The number of carbonyl (C=O) groups excluding carboxylic acids is 1. The first kappa shape index (κ1) is 18.9. The highest BCUT2D eigenvalue weighted by atomic mass is 16.3. The molecule has 0 fully saturated rings. The third-order valence-electron chi connectivity index (χ3n) is 5.26. The predicted molar refractivity (Wildman–Crippen MR) is 117 cm³/mol. The van der Waals surface area contributed by atoms with Crippen LogP contribution in [0.5, 0.6) is 0 Å². The Morgan fingerprint density at radius 1 is 1.07 bits per heavy atom. The Morgan fingerprint density at radius 3 is 2.59 bits per heavy atom. The Morgan fingerprint density at radius 2 is 1.86 bits per heavy atom. The number of fused-ring (bicyclic) bond motifs is 1. The standard InChI is InChI=1S/C25H24N2O2/c1-4-17(3)19-10-13-23-22(15-19)27-25(29-23)18-8-11-21(12-9-18)26-24(28)20-7-5-6-16(2)14-20/h5-15,17H,4H2,1-3H3,(H,26,28)/t17-/m1/s1. The number of hydrogen-bond acceptors (Lipinski definition) is 3. The van der Waals surface area contributed by atoms with Gasteiger partial charge in [-0.3, -0.25) is 4.79 Å². The molecular weight excluding hydrogens is 360 g/mol. The van der Waals surface area contributed by atoms with E-state index in [9.17, 15) is 4.79 Å². The van der Waals surface area contributed by atoms with Crippen molar-refractivity contribution in [3.05, 3.63) is 83.4 Å². The van der Waals surface area contributed by atoms with Crippen LogP contribution in [0.25, 0.3) is 22.6 Å². The van der Waals surface area contributed by atoms with E-state index in [-0.39, 0.29) is 5.91 Å². The van der Waals surface area contributed by atoms with Crippen molar-refractivity contribution in [2.75, 3.05) is 5.32 Å². The van der Waals surface area contributed by atoms with E-state index in [0.717, 1.165) is 34.3 Å². The summed E-state index contributed by atoms with van der Waals surface area (Å²) in [5.41, 5.74) is 6.23. The number of oxazole rings is 1. The molecule has 0 aliphatic rings.